The molecular formula is C17H25NO3. The van der Waals surface area contributed by atoms with E-state index in [1.165, 1.54) is 5.56 Å². The predicted octanol–water partition coefficient (Wildman–Crippen LogP) is 2.75. The van der Waals surface area contributed by atoms with Gasteiger partial charge in [0.05, 0.1) is 6.10 Å². The maximum atomic E-state index is 5.82. The van der Waals surface area contributed by atoms with Crippen LogP contribution in [-0.4, -0.2) is 32.0 Å². The van der Waals surface area contributed by atoms with Crippen LogP contribution in [0.15, 0.2) is 18.2 Å². The first-order chi connectivity index (χ1) is 10.2. The lowest BCUT2D eigenvalue weighted by molar-refractivity contribution is -0.0245. The first-order valence-electron chi connectivity index (χ1n) is 7.96. The lowest BCUT2D eigenvalue weighted by Crippen LogP contribution is -2.40. The highest BCUT2D eigenvalue weighted by Crippen LogP contribution is 2.30. The van der Waals surface area contributed by atoms with Gasteiger partial charge in [-0.25, -0.2) is 0 Å². The molecule has 1 saturated heterocycles. The number of hydrogen-bond acceptors (Lipinski definition) is 4. The summed E-state index contributed by atoms with van der Waals surface area (Å²) in [5.74, 6) is 2.31. The molecule has 21 heavy (non-hydrogen) atoms. The number of fused-ring (bicyclic) bond motifs is 1. The van der Waals surface area contributed by atoms with Crippen LogP contribution < -0.4 is 14.8 Å². The Morgan fingerprint density at radius 2 is 1.95 bits per heavy atom. The summed E-state index contributed by atoms with van der Waals surface area (Å²) < 4.78 is 17.0. The molecule has 0 bridgehead atoms. The molecule has 1 fully saturated rings. The molecule has 2 atom stereocenters. The van der Waals surface area contributed by atoms with Crippen LogP contribution in [-0.2, 0) is 11.3 Å². The second-order valence-electron chi connectivity index (χ2n) is 6.23. The van der Waals surface area contributed by atoms with E-state index >= 15 is 0 Å². The van der Waals surface area contributed by atoms with Gasteiger partial charge >= 0.3 is 0 Å². The Balaban J connectivity index is 1.55. The molecule has 0 saturated carbocycles. The Kier molecular flexibility index (Phi) is 4.66. The van der Waals surface area contributed by atoms with E-state index in [1.54, 1.807) is 0 Å². The highest BCUT2D eigenvalue weighted by molar-refractivity contribution is 5.43. The van der Waals surface area contributed by atoms with Gasteiger partial charge < -0.3 is 19.5 Å². The van der Waals surface area contributed by atoms with Crippen molar-refractivity contribution >= 4 is 0 Å². The largest absolute Gasteiger partial charge is 0.486 e. The van der Waals surface area contributed by atoms with Crippen molar-refractivity contribution in [1.29, 1.82) is 0 Å². The highest BCUT2D eigenvalue weighted by atomic mass is 16.6. The van der Waals surface area contributed by atoms with Crippen molar-refractivity contribution in [1.82, 2.24) is 5.32 Å². The molecule has 3 rings (SSSR count). The molecule has 1 aromatic carbocycles. The topological polar surface area (TPSA) is 39.7 Å². The van der Waals surface area contributed by atoms with Gasteiger partial charge in [-0.1, -0.05) is 19.9 Å². The molecule has 0 amide bonds. The van der Waals surface area contributed by atoms with E-state index in [0.717, 1.165) is 37.5 Å². The molecule has 2 unspecified atom stereocenters. The Hall–Kier alpha value is -1.26. The van der Waals surface area contributed by atoms with Gasteiger partial charge in [0.15, 0.2) is 11.5 Å². The van der Waals surface area contributed by atoms with Crippen LogP contribution in [0.4, 0.5) is 0 Å². The average Bonchev–Trinajstić information content (AvgIpc) is 2.53. The van der Waals surface area contributed by atoms with Gasteiger partial charge in [-0.15, -0.1) is 0 Å². The summed E-state index contributed by atoms with van der Waals surface area (Å²) >= 11 is 0. The van der Waals surface area contributed by atoms with E-state index in [0.29, 0.717) is 31.3 Å². The molecule has 2 heterocycles. The molecule has 1 N–H and O–H groups in total. The van der Waals surface area contributed by atoms with Crippen molar-refractivity contribution in [2.45, 2.75) is 45.4 Å². The third-order valence-electron chi connectivity index (χ3n) is 4.26. The third kappa shape index (κ3) is 3.69. The molecule has 1 aromatic rings. The van der Waals surface area contributed by atoms with Crippen molar-refractivity contribution in [3.05, 3.63) is 23.8 Å². The molecule has 4 nitrogen and oxygen atoms in total. The summed E-state index contributed by atoms with van der Waals surface area (Å²) in [5, 5.41) is 3.65. The zero-order chi connectivity index (χ0) is 14.7. The molecule has 2 aliphatic rings. The van der Waals surface area contributed by atoms with Crippen LogP contribution in [0, 0.1) is 5.92 Å². The highest BCUT2D eigenvalue weighted by Gasteiger charge is 2.24. The van der Waals surface area contributed by atoms with Gasteiger partial charge in [0.2, 0.25) is 0 Å². The summed E-state index contributed by atoms with van der Waals surface area (Å²) in [6.07, 6.45) is 2.58. The Morgan fingerprint density at radius 1 is 1.14 bits per heavy atom. The minimum Gasteiger partial charge on any atom is -0.486 e. The Labute approximate surface area is 126 Å². The minimum atomic E-state index is 0.386. The van der Waals surface area contributed by atoms with Crippen LogP contribution in [0.25, 0.3) is 0 Å². The summed E-state index contributed by atoms with van der Waals surface area (Å²) in [6, 6.07) is 6.74. The normalized spacial score (nSPS) is 25.1. The van der Waals surface area contributed by atoms with E-state index in [4.69, 9.17) is 14.2 Å². The summed E-state index contributed by atoms with van der Waals surface area (Å²) in [6.45, 7) is 7.47. The molecule has 0 aliphatic carbocycles. The van der Waals surface area contributed by atoms with E-state index in [2.05, 4.69) is 31.3 Å². The van der Waals surface area contributed by atoms with Crippen LogP contribution in [0.2, 0.25) is 0 Å². The standard InChI is InChI=1S/C17H25NO3/c1-12(2)16-10-14(5-6-19-16)18-11-13-3-4-15-17(9-13)21-8-7-20-15/h3-4,9,12,14,16,18H,5-8,10-11H2,1-2H3. The quantitative estimate of drug-likeness (QED) is 0.926. The van der Waals surface area contributed by atoms with Gasteiger partial charge in [-0.05, 0) is 36.5 Å². The first-order valence-corrected chi connectivity index (χ1v) is 7.96. The number of nitrogens with one attached hydrogen (secondary N) is 1. The summed E-state index contributed by atoms with van der Waals surface area (Å²) in [4.78, 5) is 0. The number of ether oxygens (including phenoxy) is 3. The predicted molar refractivity (Wildman–Crippen MR) is 81.9 cm³/mol. The molecule has 0 aromatic heterocycles. The average molecular weight is 291 g/mol. The summed E-state index contributed by atoms with van der Waals surface area (Å²) in [7, 11) is 0. The fourth-order valence-corrected chi connectivity index (χ4v) is 2.94. The lowest BCUT2D eigenvalue weighted by atomic mass is 9.95. The second-order valence-corrected chi connectivity index (χ2v) is 6.23. The molecule has 0 radical (unpaired) electrons. The van der Waals surface area contributed by atoms with E-state index < -0.39 is 0 Å². The van der Waals surface area contributed by atoms with E-state index in [-0.39, 0.29) is 0 Å². The molecule has 116 valence electrons. The van der Waals surface area contributed by atoms with Crippen molar-refractivity contribution in [3.8, 4) is 11.5 Å². The maximum absolute atomic E-state index is 5.82. The SMILES string of the molecule is CC(C)C1CC(NCc2ccc3c(c2)OCCO3)CCO1. The number of hydrogen-bond donors (Lipinski definition) is 1. The van der Waals surface area contributed by atoms with Crippen LogP contribution in [0.5, 0.6) is 11.5 Å². The van der Waals surface area contributed by atoms with Crippen molar-refractivity contribution in [3.63, 3.8) is 0 Å². The van der Waals surface area contributed by atoms with Crippen molar-refractivity contribution in [2.24, 2.45) is 5.92 Å². The zero-order valence-electron chi connectivity index (χ0n) is 12.9. The Morgan fingerprint density at radius 3 is 2.76 bits per heavy atom. The first kappa shape index (κ1) is 14.7. The van der Waals surface area contributed by atoms with Crippen LogP contribution in [0.3, 0.4) is 0 Å². The fraction of sp³-hybridized carbons (Fsp3) is 0.647. The smallest absolute Gasteiger partial charge is 0.161 e. The van der Waals surface area contributed by atoms with Gasteiger partial charge in [0, 0.05) is 19.2 Å². The van der Waals surface area contributed by atoms with Gasteiger partial charge in [0.1, 0.15) is 13.2 Å². The zero-order valence-corrected chi connectivity index (χ0v) is 12.9. The second kappa shape index (κ2) is 6.67. The monoisotopic (exact) mass is 291 g/mol. The van der Waals surface area contributed by atoms with Crippen molar-refractivity contribution in [2.75, 3.05) is 19.8 Å². The summed E-state index contributed by atoms with van der Waals surface area (Å²) in [5.41, 5.74) is 1.24. The lowest BCUT2D eigenvalue weighted by Gasteiger charge is -2.32. The minimum absolute atomic E-state index is 0.386. The maximum Gasteiger partial charge on any atom is 0.161 e. The molecule has 4 heteroatoms. The Bertz CT molecular complexity index is 475. The van der Waals surface area contributed by atoms with Gasteiger partial charge in [0.25, 0.3) is 0 Å². The molecular weight excluding hydrogens is 266 g/mol. The number of benzene rings is 1. The van der Waals surface area contributed by atoms with Gasteiger partial charge in [-0.2, -0.15) is 0 Å². The molecule has 2 aliphatic heterocycles. The van der Waals surface area contributed by atoms with E-state index in [1.807, 2.05) is 6.07 Å². The van der Waals surface area contributed by atoms with Crippen molar-refractivity contribution < 1.29 is 14.2 Å². The van der Waals surface area contributed by atoms with Gasteiger partial charge in [-0.3, -0.25) is 0 Å². The number of rotatable bonds is 4. The molecule has 0 spiro atoms. The van der Waals surface area contributed by atoms with E-state index in [9.17, 15) is 0 Å². The van der Waals surface area contributed by atoms with Crippen LogP contribution >= 0.6 is 0 Å². The van der Waals surface area contributed by atoms with Crippen LogP contribution in [0.1, 0.15) is 32.3 Å². The fourth-order valence-electron chi connectivity index (χ4n) is 2.94. The third-order valence-corrected chi connectivity index (χ3v) is 4.26.